The quantitative estimate of drug-likeness (QED) is 0.811. The Labute approximate surface area is 113 Å². The number of rotatable bonds is 2. The third kappa shape index (κ3) is 2.61. The SMILES string of the molecule is O=C(C1CCOCC1)N1CCC[C@H]1c1cnccn1. The predicted octanol–water partition coefficient (Wildman–Crippen LogP) is 1.57. The number of amides is 1. The Balaban J connectivity index is 1.74. The van der Waals surface area contributed by atoms with Gasteiger partial charge in [0.25, 0.3) is 0 Å². The largest absolute Gasteiger partial charge is 0.381 e. The molecule has 19 heavy (non-hydrogen) atoms. The maximum atomic E-state index is 12.6. The Morgan fingerprint density at radius 3 is 2.84 bits per heavy atom. The van der Waals surface area contributed by atoms with Gasteiger partial charge in [-0.2, -0.15) is 0 Å². The van der Waals surface area contributed by atoms with Crippen LogP contribution in [0.15, 0.2) is 18.6 Å². The lowest BCUT2D eigenvalue weighted by atomic mass is 9.98. The van der Waals surface area contributed by atoms with Crippen LogP contribution in [-0.2, 0) is 9.53 Å². The molecule has 102 valence electrons. The number of nitrogens with zero attached hydrogens (tertiary/aromatic N) is 3. The number of likely N-dealkylation sites (tertiary alicyclic amines) is 1. The molecule has 0 radical (unpaired) electrons. The summed E-state index contributed by atoms with van der Waals surface area (Å²) in [5, 5.41) is 0. The van der Waals surface area contributed by atoms with Gasteiger partial charge >= 0.3 is 0 Å². The zero-order chi connectivity index (χ0) is 13.1. The summed E-state index contributed by atoms with van der Waals surface area (Å²) in [5.74, 6) is 0.405. The molecule has 1 amide bonds. The zero-order valence-electron chi connectivity index (χ0n) is 11.0. The minimum atomic E-state index is 0.115. The topological polar surface area (TPSA) is 55.3 Å². The first-order valence-electron chi connectivity index (χ1n) is 7.00. The molecule has 0 bridgehead atoms. The van der Waals surface area contributed by atoms with E-state index in [0.29, 0.717) is 13.2 Å². The lowest BCUT2D eigenvalue weighted by Crippen LogP contribution is -2.38. The number of aromatic nitrogens is 2. The fourth-order valence-electron chi connectivity index (χ4n) is 3.00. The van der Waals surface area contributed by atoms with Gasteiger partial charge in [-0.3, -0.25) is 14.8 Å². The third-order valence-corrected chi connectivity index (χ3v) is 4.03. The van der Waals surface area contributed by atoms with Crippen molar-refractivity contribution in [3.8, 4) is 0 Å². The molecule has 5 heteroatoms. The molecule has 2 aliphatic rings. The van der Waals surface area contributed by atoms with Crippen LogP contribution in [0, 0.1) is 5.92 Å². The molecule has 1 atom stereocenters. The summed E-state index contributed by atoms with van der Waals surface area (Å²) < 4.78 is 5.33. The van der Waals surface area contributed by atoms with Gasteiger partial charge in [-0.1, -0.05) is 0 Å². The fourth-order valence-corrected chi connectivity index (χ4v) is 3.00. The van der Waals surface area contributed by atoms with Crippen molar-refractivity contribution in [2.45, 2.75) is 31.7 Å². The van der Waals surface area contributed by atoms with Gasteiger partial charge in [-0.25, -0.2) is 0 Å². The minimum absolute atomic E-state index is 0.115. The second-order valence-corrected chi connectivity index (χ2v) is 5.21. The lowest BCUT2D eigenvalue weighted by molar-refractivity contribution is -0.139. The Hall–Kier alpha value is -1.49. The van der Waals surface area contributed by atoms with Crippen LogP contribution in [0.5, 0.6) is 0 Å². The van der Waals surface area contributed by atoms with Crippen LogP contribution in [0.4, 0.5) is 0 Å². The van der Waals surface area contributed by atoms with Gasteiger partial charge in [0.05, 0.1) is 17.9 Å². The Kier molecular flexibility index (Phi) is 3.73. The molecular formula is C14H19N3O2. The molecule has 3 rings (SSSR count). The molecule has 2 aliphatic heterocycles. The summed E-state index contributed by atoms with van der Waals surface area (Å²) >= 11 is 0. The van der Waals surface area contributed by atoms with E-state index in [0.717, 1.165) is 37.9 Å². The Bertz CT molecular complexity index is 432. The summed E-state index contributed by atoms with van der Waals surface area (Å²) in [5.41, 5.74) is 0.917. The average molecular weight is 261 g/mol. The van der Waals surface area contributed by atoms with E-state index in [1.54, 1.807) is 18.6 Å². The highest BCUT2D eigenvalue weighted by Crippen LogP contribution is 2.33. The zero-order valence-corrected chi connectivity index (χ0v) is 11.0. The highest BCUT2D eigenvalue weighted by Gasteiger charge is 2.35. The van der Waals surface area contributed by atoms with E-state index < -0.39 is 0 Å². The van der Waals surface area contributed by atoms with Crippen molar-refractivity contribution >= 4 is 5.91 Å². The maximum absolute atomic E-state index is 12.6. The van der Waals surface area contributed by atoms with Crippen molar-refractivity contribution in [3.63, 3.8) is 0 Å². The standard InChI is InChI=1S/C14H19N3O2/c18-14(11-3-8-19-9-4-11)17-7-1-2-13(17)12-10-15-5-6-16-12/h5-6,10-11,13H,1-4,7-9H2/t13-/m0/s1. The van der Waals surface area contributed by atoms with E-state index >= 15 is 0 Å². The van der Waals surface area contributed by atoms with E-state index in [4.69, 9.17) is 4.74 Å². The second-order valence-electron chi connectivity index (χ2n) is 5.21. The molecule has 0 N–H and O–H groups in total. The molecule has 1 aromatic rings. The number of hydrogen-bond acceptors (Lipinski definition) is 4. The number of carbonyl (C=O) groups is 1. The second kappa shape index (κ2) is 5.65. The number of ether oxygens (including phenoxy) is 1. The van der Waals surface area contributed by atoms with Crippen LogP contribution in [-0.4, -0.2) is 40.5 Å². The van der Waals surface area contributed by atoms with Crippen molar-refractivity contribution in [3.05, 3.63) is 24.3 Å². The van der Waals surface area contributed by atoms with Crippen molar-refractivity contribution in [1.82, 2.24) is 14.9 Å². The van der Waals surface area contributed by atoms with Crippen LogP contribution < -0.4 is 0 Å². The molecule has 1 aromatic heterocycles. The number of carbonyl (C=O) groups excluding carboxylic acids is 1. The molecule has 0 aliphatic carbocycles. The van der Waals surface area contributed by atoms with Crippen molar-refractivity contribution in [2.75, 3.05) is 19.8 Å². The van der Waals surface area contributed by atoms with E-state index in [1.807, 2.05) is 4.90 Å². The molecule has 0 unspecified atom stereocenters. The minimum Gasteiger partial charge on any atom is -0.381 e. The first kappa shape index (κ1) is 12.5. The highest BCUT2D eigenvalue weighted by atomic mass is 16.5. The summed E-state index contributed by atoms with van der Waals surface area (Å²) in [6.45, 7) is 2.26. The van der Waals surface area contributed by atoms with Crippen molar-refractivity contribution in [2.24, 2.45) is 5.92 Å². The van der Waals surface area contributed by atoms with Gasteiger partial charge in [0, 0.05) is 38.1 Å². The predicted molar refractivity (Wildman–Crippen MR) is 69.3 cm³/mol. The van der Waals surface area contributed by atoms with Gasteiger partial charge in [0.2, 0.25) is 5.91 Å². The van der Waals surface area contributed by atoms with Crippen LogP contribution in [0.2, 0.25) is 0 Å². The molecule has 0 saturated carbocycles. The molecule has 2 saturated heterocycles. The van der Waals surface area contributed by atoms with E-state index in [1.165, 1.54) is 0 Å². The molecule has 0 aromatic carbocycles. The maximum Gasteiger partial charge on any atom is 0.226 e. The highest BCUT2D eigenvalue weighted by molar-refractivity contribution is 5.79. The van der Waals surface area contributed by atoms with E-state index in [-0.39, 0.29) is 17.9 Å². The molecule has 3 heterocycles. The van der Waals surface area contributed by atoms with Gasteiger partial charge < -0.3 is 9.64 Å². The van der Waals surface area contributed by atoms with Gasteiger partial charge in [0.15, 0.2) is 0 Å². The van der Waals surface area contributed by atoms with Crippen LogP contribution >= 0.6 is 0 Å². The summed E-state index contributed by atoms with van der Waals surface area (Å²) in [7, 11) is 0. The first-order chi connectivity index (χ1) is 9.36. The molecule has 0 spiro atoms. The third-order valence-electron chi connectivity index (χ3n) is 4.03. The number of hydrogen-bond donors (Lipinski definition) is 0. The normalized spacial score (nSPS) is 24.6. The van der Waals surface area contributed by atoms with Crippen LogP contribution in [0.3, 0.4) is 0 Å². The van der Waals surface area contributed by atoms with Gasteiger partial charge in [-0.05, 0) is 25.7 Å². The fraction of sp³-hybridized carbons (Fsp3) is 0.643. The monoisotopic (exact) mass is 261 g/mol. The van der Waals surface area contributed by atoms with Gasteiger partial charge in [0.1, 0.15) is 0 Å². The molecule has 5 nitrogen and oxygen atoms in total. The van der Waals surface area contributed by atoms with E-state index in [9.17, 15) is 4.79 Å². The first-order valence-corrected chi connectivity index (χ1v) is 7.00. The Morgan fingerprint density at radius 2 is 2.11 bits per heavy atom. The Morgan fingerprint density at radius 1 is 1.26 bits per heavy atom. The summed E-state index contributed by atoms with van der Waals surface area (Å²) in [4.78, 5) is 23.1. The van der Waals surface area contributed by atoms with Crippen molar-refractivity contribution in [1.29, 1.82) is 0 Å². The van der Waals surface area contributed by atoms with Crippen molar-refractivity contribution < 1.29 is 9.53 Å². The van der Waals surface area contributed by atoms with Gasteiger partial charge in [-0.15, -0.1) is 0 Å². The lowest BCUT2D eigenvalue weighted by Gasteiger charge is -2.30. The molecule has 2 fully saturated rings. The smallest absolute Gasteiger partial charge is 0.226 e. The van der Waals surface area contributed by atoms with Crippen LogP contribution in [0.25, 0.3) is 0 Å². The average Bonchev–Trinajstić information content (AvgIpc) is 2.98. The summed E-state index contributed by atoms with van der Waals surface area (Å²) in [6, 6.07) is 0.115. The summed E-state index contributed by atoms with van der Waals surface area (Å²) in [6.07, 6.45) is 8.89. The van der Waals surface area contributed by atoms with Crippen LogP contribution in [0.1, 0.15) is 37.4 Å². The van der Waals surface area contributed by atoms with E-state index in [2.05, 4.69) is 9.97 Å². The molecular weight excluding hydrogens is 242 g/mol.